The van der Waals surface area contributed by atoms with Gasteiger partial charge in [-0.15, -0.1) is 0 Å². The lowest BCUT2D eigenvalue weighted by Gasteiger charge is -2.32. The van der Waals surface area contributed by atoms with E-state index in [0.29, 0.717) is 12.5 Å². The molecule has 1 aromatic carbocycles. The third-order valence-corrected chi connectivity index (χ3v) is 3.19. The fourth-order valence-corrected chi connectivity index (χ4v) is 2.59. The Balaban J connectivity index is 2.64. The normalized spacial score (nSPS) is 13.4. The monoisotopic (exact) mass is 247 g/mol. The van der Waals surface area contributed by atoms with Crippen LogP contribution in [0.2, 0.25) is 0 Å². The first kappa shape index (κ1) is 14.7. The number of carbonyl (C=O) groups is 1. The van der Waals surface area contributed by atoms with Crippen molar-refractivity contribution in [2.45, 2.75) is 41.2 Å². The van der Waals surface area contributed by atoms with Gasteiger partial charge >= 0.3 is 0 Å². The summed E-state index contributed by atoms with van der Waals surface area (Å²) >= 11 is 0. The van der Waals surface area contributed by atoms with Gasteiger partial charge in [0.1, 0.15) is 0 Å². The van der Waals surface area contributed by atoms with Crippen molar-refractivity contribution in [2.24, 2.45) is 17.3 Å². The molecule has 0 saturated carbocycles. The molecule has 100 valence electrons. The van der Waals surface area contributed by atoms with Crippen molar-refractivity contribution in [2.75, 3.05) is 0 Å². The predicted octanol–water partition coefficient (Wildman–Crippen LogP) is 3.62. The third kappa shape index (κ3) is 4.17. The summed E-state index contributed by atoms with van der Waals surface area (Å²) < 4.78 is 0. The molecule has 0 aliphatic carbocycles. The molecular weight excluding hydrogens is 222 g/mol. The van der Waals surface area contributed by atoms with Crippen molar-refractivity contribution in [1.82, 2.24) is 5.32 Å². The Morgan fingerprint density at radius 1 is 1.17 bits per heavy atom. The number of hydrogen-bond acceptors (Lipinski definition) is 1. The van der Waals surface area contributed by atoms with E-state index >= 15 is 0 Å². The van der Waals surface area contributed by atoms with Gasteiger partial charge in [0.15, 0.2) is 0 Å². The van der Waals surface area contributed by atoms with E-state index in [1.54, 1.807) is 0 Å². The maximum absolute atomic E-state index is 12.3. The van der Waals surface area contributed by atoms with Crippen LogP contribution in [0, 0.1) is 17.3 Å². The van der Waals surface area contributed by atoms with Gasteiger partial charge in [-0.25, -0.2) is 0 Å². The van der Waals surface area contributed by atoms with E-state index in [2.05, 4.69) is 39.9 Å². The molecule has 0 aromatic heterocycles. The minimum absolute atomic E-state index is 0.00502. The fourth-order valence-electron chi connectivity index (χ4n) is 2.59. The first-order valence-corrected chi connectivity index (χ1v) is 6.64. The number of carbonyl (C=O) groups excluding carboxylic acids is 1. The summed E-state index contributed by atoms with van der Waals surface area (Å²) in [7, 11) is 0. The van der Waals surface area contributed by atoms with Gasteiger partial charge in [-0.05, 0) is 16.9 Å². The number of hydrogen-bond donors (Lipinski definition) is 1. The van der Waals surface area contributed by atoms with Gasteiger partial charge in [0.25, 0.3) is 0 Å². The van der Waals surface area contributed by atoms with E-state index in [-0.39, 0.29) is 17.2 Å². The molecule has 0 radical (unpaired) electrons. The topological polar surface area (TPSA) is 29.1 Å². The summed E-state index contributed by atoms with van der Waals surface area (Å²) in [6.45, 7) is 11.2. The van der Waals surface area contributed by atoms with Gasteiger partial charge in [0, 0.05) is 12.5 Å². The largest absolute Gasteiger partial charge is 0.352 e. The fraction of sp³-hybridized carbons (Fsp3) is 0.562. The smallest absolute Gasteiger partial charge is 0.224 e. The second kappa shape index (κ2) is 6.03. The van der Waals surface area contributed by atoms with Gasteiger partial charge in [0.2, 0.25) is 5.91 Å². The molecule has 0 saturated heterocycles. The van der Waals surface area contributed by atoms with E-state index in [4.69, 9.17) is 0 Å². The zero-order valence-corrected chi connectivity index (χ0v) is 12.2. The molecule has 1 rings (SSSR count). The van der Waals surface area contributed by atoms with E-state index < -0.39 is 0 Å². The quantitative estimate of drug-likeness (QED) is 0.865. The minimum Gasteiger partial charge on any atom is -0.352 e. The highest BCUT2D eigenvalue weighted by atomic mass is 16.1. The highest BCUT2D eigenvalue weighted by Gasteiger charge is 2.33. The number of amides is 1. The third-order valence-electron chi connectivity index (χ3n) is 3.19. The summed E-state index contributed by atoms with van der Waals surface area (Å²) in [5, 5.41) is 3.05. The van der Waals surface area contributed by atoms with Crippen molar-refractivity contribution < 1.29 is 4.79 Å². The van der Waals surface area contributed by atoms with Crippen molar-refractivity contribution in [3.05, 3.63) is 35.9 Å². The summed E-state index contributed by atoms with van der Waals surface area (Å²) in [6.07, 6.45) is 0. The Kier molecular flexibility index (Phi) is 4.94. The minimum atomic E-state index is -0.00502. The van der Waals surface area contributed by atoms with Crippen molar-refractivity contribution in [3.63, 3.8) is 0 Å². The van der Waals surface area contributed by atoms with Gasteiger partial charge in [-0.2, -0.15) is 0 Å². The van der Waals surface area contributed by atoms with Crippen LogP contribution in [-0.2, 0) is 11.3 Å². The summed E-state index contributed by atoms with van der Waals surface area (Å²) in [5.74, 6) is 0.545. The standard InChI is InChI=1S/C16H25NO/c1-12(2)14(16(3,4)5)15(18)17-11-13-9-7-6-8-10-13/h6-10,12,14H,11H2,1-5H3,(H,17,18). The highest BCUT2D eigenvalue weighted by molar-refractivity contribution is 5.79. The molecule has 1 atom stereocenters. The van der Waals surface area contributed by atoms with E-state index in [9.17, 15) is 4.79 Å². The molecule has 1 amide bonds. The van der Waals surface area contributed by atoms with Crippen LogP contribution in [0.5, 0.6) is 0 Å². The molecular formula is C16H25NO. The van der Waals surface area contributed by atoms with Crippen LogP contribution >= 0.6 is 0 Å². The number of rotatable bonds is 4. The van der Waals surface area contributed by atoms with Crippen molar-refractivity contribution in [3.8, 4) is 0 Å². The van der Waals surface area contributed by atoms with Gasteiger partial charge in [-0.1, -0.05) is 65.0 Å². The SMILES string of the molecule is CC(C)C(C(=O)NCc1ccccc1)C(C)(C)C. The van der Waals surface area contributed by atoms with Crippen LogP contribution in [0.25, 0.3) is 0 Å². The average Bonchev–Trinajstić information content (AvgIpc) is 2.25. The van der Waals surface area contributed by atoms with Crippen LogP contribution < -0.4 is 5.32 Å². The maximum atomic E-state index is 12.3. The average molecular weight is 247 g/mol. The number of nitrogens with one attached hydrogen (secondary N) is 1. The Morgan fingerprint density at radius 2 is 1.72 bits per heavy atom. The molecule has 0 aliphatic rings. The number of benzene rings is 1. The highest BCUT2D eigenvalue weighted by Crippen LogP contribution is 2.32. The van der Waals surface area contributed by atoms with Crippen LogP contribution in [0.3, 0.4) is 0 Å². The predicted molar refractivity (Wildman–Crippen MR) is 76.1 cm³/mol. The zero-order valence-electron chi connectivity index (χ0n) is 12.2. The zero-order chi connectivity index (χ0) is 13.8. The molecule has 0 bridgehead atoms. The Labute approximate surface area is 111 Å². The lowest BCUT2D eigenvalue weighted by Crippen LogP contribution is -2.40. The van der Waals surface area contributed by atoms with E-state index in [0.717, 1.165) is 5.56 Å². The lowest BCUT2D eigenvalue weighted by atomic mass is 9.74. The Morgan fingerprint density at radius 3 is 2.17 bits per heavy atom. The van der Waals surface area contributed by atoms with E-state index in [1.807, 2.05) is 30.3 Å². The first-order chi connectivity index (χ1) is 8.32. The van der Waals surface area contributed by atoms with Crippen molar-refractivity contribution in [1.29, 1.82) is 0 Å². The molecule has 1 aromatic rings. The van der Waals surface area contributed by atoms with Gasteiger partial charge in [0.05, 0.1) is 0 Å². The Bertz CT molecular complexity index is 376. The van der Waals surface area contributed by atoms with Crippen LogP contribution in [0.15, 0.2) is 30.3 Å². The van der Waals surface area contributed by atoms with E-state index in [1.165, 1.54) is 0 Å². The summed E-state index contributed by atoms with van der Waals surface area (Å²) in [5.41, 5.74) is 1.14. The molecule has 2 heteroatoms. The Hall–Kier alpha value is -1.31. The maximum Gasteiger partial charge on any atom is 0.224 e. The molecule has 18 heavy (non-hydrogen) atoms. The molecule has 0 fully saturated rings. The second-order valence-electron chi connectivity index (χ2n) is 6.29. The van der Waals surface area contributed by atoms with Gasteiger partial charge in [-0.3, -0.25) is 4.79 Å². The molecule has 2 nitrogen and oxygen atoms in total. The second-order valence-corrected chi connectivity index (χ2v) is 6.29. The van der Waals surface area contributed by atoms with Crippen LogP contribution in [0.4, 0.5) is 0 Å². The van der Waals surface area contributed by atoms with Crippen LogP contribution in [-0.4, -0.2) is 5.91 Å². The molecule has 1 N–H and O–H groups in total. The molecule has 0 heterocycles. The van der Waals surface area contributed by atoms with Crippen LogP contribution in [0.1, 0.15) is 40.2 Å². The van der Waals surface area contributed by atoms with Gasteiger partial charge < -0.3 is 5.32 Å². The molecule has 0 aliphatic heterocycles. The molecule has 0 spiro atoms. The van der Waals surface area contributed by atoms with Crippen molar-refractivity contribution >= 4 is 5.91 Å². The first-order valence-electron chi connectivity index (χ1n) is 6.64. The lowest BCUT2D eigenvalue weighted by molar-refractivity contribution is -0.130. The molecule has 1 unspecified atom stereocenters. The summed E-state index contributed by atoms with van der Waals surface area (Å²) in [6, 6.07) is 10.0. The summed E-state index contributed by atoms with van der Waals surface area (Å²) in [4.78, 5) is 12.3.